The Labute approximate surface area is 125 Å². The number of imidazole rings is 1. The van der Waals surface area contributed by atoms with Crippen molar-refractivity contribution in [1.29, 1.82) is 0 Å². The third-order valence-electron chi connectivity index (χ3n) is 5.28. The van der Waals surface area contributed by atoms with E-state index in [4.69, 9.17) is 0 Å². The Balaban J connectivity index is 1.74. The van der Waals surface area contributed by atoms with Crippen molar-refractivity contribution < 1.29 is 4.79 Å². The van der Waals surface area contributed by atoms with Crippen LogP contribution in [-0.2, 0) is 0 Å². The van der Waals surface area contributed by atoms with Crippen LogP contribution in [0.1, 0.15) is 49.9 Å². The maximum absolute atomic E-state index is 12.6. The number of likely N-dealkylation sites (tertiary alicyclic amines) is 1. The van der Waals surface area contributed by atoms with Crippen LogP contribution < -0.4 is 0 Å². The first-order valence-electron chi connectivity index (χ1n) is 7.90. The first-order chi connectivity index (χ1) is 10.2. The molecular weight excluding hydrogens is 262 g/mol. The van der Waals surface area contributed by atoms with E-state index in [1.54, 1.807) is 6.33 Å². The molecule has 112 valence electrons. The molecule has 1 aromatic carbocycles. The molecule has 1 N–H and O–H groups in total. The second-order valence-corrected chi connectivity index (χ2v) is 6.13. The number of hydrogen-bond acceptors (Lipinski definition) is 2. The minimum atomic E-state index is 0.146. The second-order valence-electron chi connectivity index (χ2n) is 6.13. The molecule has 0 spiro atoms. The zero-order chi connectivity index (χ0) is 14.9. The van der Waals surface area contributed by atoms with E-state index in [1.807, 2.05) is 23.1 Å². The number of aromatic nitrogens is 2. The van der Waals surface area contributed by atoms with Gasteiger partial charge in [-0.25, -0.2) is 4.98 Å². The highest BCUT2D eigenvalue weighted by Gasteiger charge is 2.33. The van der Waals surface area contributed by atoms with Crippen molar-refractivity contribution in [2.45, 2.75) is 39.5 Å². The Morgan fingerprint density at radius 2 is 2.00 bits per heavy atom. The molecule has 21 heavy (non-hydrogen) atoms. The Bertz CT molecular complexity index is 632. The zero-order valence-corrected chi connectivity index (χ0v) is 12.9. The second kappa shape index (κ2) is 5.51. The van der Waals surface area contributed by atoms with E-state index in [9.17, 15) is 4.79 Å². The standard InChI is InChI=1S/C17H23N3O/c1-3-17(4-2)7-9-20(10-8-17)16(21)13-5-6-14-15(11-13)19-12-18-14/h5-6,11-12H,3-4,7-10H2,1-2H3,(H,18,19). The summed E-state index contributed by atoms with van der Waals surface area (Å²) < 4.78 is 0. The van der Waals surface area contributed by atoms with Crippen LogP contribution in [0.15, 0.2) is 24.5 Å². The minimum absolute atomic E-state index is 0.146. The molecule has 0 bridgehead atoms. The van der Waals surface area contributed by atoms with Crippen LogP contribution in [0.25, 0.3) is 11.0 Å². The summed E-state index contributed by atoms with van der Waals surface area (Å²) >= 11 is 0. The van der Waals surface area contributed by atoms with E-state index < -0.39 is 0 Å². The fourth-order valence-corrected chi connectivity index (χ4v) is 3.39. The van der Waals surface area contributed by atoms with E-state index in [0.29, 0.717) is 5.41 Å². The first-order valence-corrected chi connectivity index (χ1v) is 7.90. The third-order valence-corrected chi connectivity index (χ3v) is 5.28. The van der Waals surface area contributed by atoms with Gasteiger partial charge in [0.25, 0.3) is 5.91 Å². The van der Waals surface area contributed by atoms with Crippen LogP contribution in [0.5, 0.6) is 0 Å². The van der Waals surface area contributed by atoms with Gasteiger partial charge >= 0.3 is 0 Å². The molecule has 1 fully saturated rings. The maximum Gasteiger partial charge on any atom is 0.253 e. The molecule has 0 saturated carbocycles. The highest BCUT2D eigenvalue weighted by Crippen LogP contribution is 2.38. The summed E-state index contributed by atoms with van der Waals surface area (Å²) in [6.45, 7) is 6.29. The Morgan fingerprint density at radius 1 is 1.29 bits per heavy atom. The normalized spacial score (nSPS) is 18.1. The number of amides is 1. The maximum atomic E-state index is 12.6. The quantitative estimate of drug-likeness (QED) is 0.936. The lowest BCUT2D eigenvalue weighted by molar-refractivity contribution is 0.0558. The zero-order valence-electron chi connectivity index (χ0n) is 12.9. The molecule has 1 saturated heterocycles. The monoisotopic (exact) mass is 285 g/mol. The predicted molar refractivity (Wildman–Crippen MR) is 84.2 cm³/mol. The van der Waals surface area contributed by atoms with Crippen molar-refractivity contribution in [3.05, 3.63) is 30.1 Å². The Kier molecular flexibility index (Phi) is 3.70. The van der Waals surface area contributed by atoms with Crippen LogP contribution >= 0.6 is 0 Å². The van der Waals surface area contributed by atoms with E-state index in [-0.39, 0.29) is 5.91 Å². The number of piperidine rings is 1. The van der Waals surface area contributed by atoms with Crippen molar-refractivity contribution >= 4 is 16.9 Å². The summed E-state index contributed by atoms with van der Waals surface area (Å²) in [7, 11) is 0. The molecule has 0 atom stereocenters. The van der Waals surface area contributed by atoms with Gasteiger partial charge in [0.1, 0.15) is 0 Å². The number of nitrogens with zero attached hydrogens (tertiary/aromatic N) is 2. The van der Waals surface area contributed by atoms with Gasteiger partial charge in [0.15, 0.2) is 0 Å². The average Bonchev–Trinajstić information content (AvgIpc) is 3.02. The molecular formula is C17H23N3O. The molecule has 0 unspecified atom stereocenters. The molecule has 1 amide bonds. The van der Waals surface area contributed by atoms with Crippen molar-refractivity contribution in [3.8, 4) is 0 Å². The molecule has 1 aromatic heterocycles. The van der Waals surface area contributed by atoms with Gasteiger partial charge in [-0.15, -0.1) is 0 Å². The van der Waals surface area contributed by atoms with E-state index in [2.05, 4.69) is 23.8 Å². The lowest BCUT2D eigenvalue weighted by atomic mass is 9.74. The van der Waals surface area contributed by atoms with Crippen molar-refractivity contribution in [2.75, 3.05) is 13.1 Å². The molecule has 3 rings (SSSR count). The number of H-pyrrole nitrogens is 1. The van der Waals surface area contributed by atoms with Gasteiger partial charge in [-0.05, 0) is 36.5 Å². The van der Waals surface area contributed by atoms with Crippen molar-refractivity contribution in [1.82, 2.24) is 14.9 Å². The van der Waals surface area contributed by atoms with Crippen LogP contribution in [-0.4, -0.2) is 33.9 Å². The molecule has 2 heterocycles. The molecule has 0 aliphatic carbocycles. The highest BCUT2D eigenvalue weighted by atomic mass is 16.2. The van der Waals surface area contributed by atoms with Gasteiger partial charge in [0.05, 0.1) is 17.4 Å². The largest absolute Gasteiger partial charge is 0.345 e. The fraction of sp³-hybridized carbons (Fsp3) is 0.529. The third kappa shape index (κ3) is 2.55. The molecule has 4 heteroatoms. The summed E-state index contributed by atoms with van der Waals surface area (Å²) in [4.78, 5) is 21.9. The number of nitrogens with one attached hydrogen (secondary N) is 1. The van der Waals surface area contributed by atoms with Crippen LogP contribution in [0.2, 0.25) is 0 Å². The van der Waals surface area contributed by atoms with Crippen LogP contribution in [0.4, 0.5) is 0 Å². The smallest absolute Gasteiger partial charge is 0.253 e. The molecule has 1 aliphatic rings. The predicted octanol–water partition coefficient (Wildman–Crippen LogP) is 3.61. The number of aromatic amines is 1. The summed E-state index contributed by atoms with van der Waals surface area (Å²) in [6, 6.07) is 5.70. The number of carbonyl (C=O) groups excluding carboxylic acids is 1. The number of carbonyl (C=O) groups is 1. The lowest BCUT2D eigenvalue weighted by Crippen LogP contribution is -2.42. The van der Waals surface area contributed by atoms with Gasteiger partial charge in [-0.1, -0.05) is 26.7 Å². The van der Waals surface area contributed by atoms with E-state index in [1.165, 1.54) is 12.8 Å². The molecule has 1 aliphatic heterocycles. The van der Waals surface area contributed by atoms with Gasteiger partial charge in [0, 0.05) is 18.7 Å². The molecule has 4 nitrogen and oxygen atoms in total. The molecule has 2 aromatic rings. The number of hydrogen-bond donors (Lipinski definition) is 1. The number of benzene rings is 1. The topological polar surface area (TPSA) is 49.0 Å². The average molecular weight is 285 g/mol. The van der Waals surface area contributed by atoms with Crippen LogP contribution in [0.3, 0.4) is 0 Å². The summed E-state index contributed by atoms with van der Waals surface area (Å²) in [5, 5.41) is 0. The Morgan fingerprint density at radius 3 is 2.67 bits per heavy atom. The van der Waals surface area contributed by atoms with Gasteiger partial charge in [0.2, 0.25) is 0 Å². The highest BCUT2D eigenvalue weighted by molar-refractivity contribution is 5.97. The fourth-order valence-electron chi connectivity index (χ4n) is 3.39. The summed E-state index contributed by atoms with van der Waals surface area (Å²) in [6.07, 6.45) is 6.34. The number of fused-ring (bicyclic) bond motifs is 1. The minimum Gasteiger partial charge on any atom is -0.345 e. The van der Waals surface area contributed by atoms with E-state index >= 15 is 0 Å². The summed E-state index contributed by atoms with van der Waals surface area (Å²) in [5.41, 5.74) is 3.03. The summed E-state index contributed by atoms with van der Waals surface area (Å²) in [5.74, 6) is 0.146. The number of rotatable bonds is 3. The lowest BCUT2D eigenvalue weighted by Gasteiger charge is -2.41. The van der Waals surface area contributed by atoms with E-state index in [0.717, 1.165) is 42.5 Å². The van der Waals surface area contributed by atoms with Gasteiger partial charge in [-0.2, -0.15) is 0 Å². The SMILES string of the molecule is CCC1(CC)CCN(C(=O)c2ccc3nc[nH]c3c2)CC1. The van der Waals surface area contributed by atoms with Gasteiger partial charge < -0.3 is 9.88 Å². The van der Waals surface area contributed by atoms with Crippen LogP contribution in [0, 0.1) is 5.41 Å². The van der Waals surface area contributed by atoms with Gasteiger partial charge in [-0.3, -0.25) is 4.79 Å². The van der Waals surface area contributed by atoms with Crippen molar-refractivity contribution in [2.24, 2.45) is 5.41 Å². The molecule has 0 radical (unpaired) electrons. The van der Waals surface area contributed by atoms with Crippen molar-refractivity contribution in [3.63, 3.8) is 0 Å². The first kappa shape index (κ1) is 14.1. The Hall–Kier alpha value is -1.84.